The van der Waals surface area contributed by atoms with Crippen molar-refractivity contribution in [1.29, 1.82) is 0 Å². The number of nitrogens with zero attached hydrogens (tertiary/aromatic N) is 1. The van der Waals surface area contributed by atoms with E-state index in [1.54, 1.807) is 11.0 Å². The van der Waals surface area contributed by atoms with Gasteiger partial charge in [-0.25, -0.2) is 0 Å². The van der Waals surface area contributed by atoms with Crippen molar-refractivity contribution >= 4 is 5.91 Å². The van der Waals surface area contributed by atoms with Gasteiger partial charge in [0.25, 0.3) is 5.91 Å². The van der Waals surface area contributed by atoms with E-state index in [1.807, 2.05) is 6.92 Å². The van der Waals surface area contributed by atoms with Crippen LogP contribution in [0, 0.1) is 5.92 Å². The molecule has 6 heteroatoms. The maximum Gasteiger partial charge on any atom is 0.387 e. The summed E-state index contributed by atoms with van der Waals surface area (Å²) in [5.41, 5.74) is 0.338. The van der Waals surface area contributed by atoms with E-state index in [0.29, 0.717) is 18.0 Å². The first-order valence-electron chi connectivity index (χ1n) is 7.47. The van der Waals surface area contributed by atoms with E-state index in [9.17, 15) is 13.6 Å². The summed E-state index contributed by atoms with van der Waals surface area (Å²) in [4.78, 5) is 14.4. The number of carbonyl (C=O) groups is 1. The van der Waals surface area contributed by atoms with Crippen LogP contribution in [0.1, 0.15) is 36.5 Å². The molecule has 0 radical (unpaired) electrons. The maximum atomic E-state index is 12.6. The average molecular weight is 313 g/mol. The minimum atomic E-state index is -2.96. The SMILES string of the molecule is CCCN(CC1CC1)C(=O)c1ccc(OC)c(OC(F)F)c1. The van der Waals surface area contributed by atoms with E-state index in [0.717, 1.165) is 25.8 Å². The normalized spacial score (nSPS) is 14.0. The van der Waals surface area contributed by atoms with Crippen molar-refractivity contribution in [3.63, 3.8) is 0 Å². The van der Waals surface area contributed by atoms with E-state index in [4.69, 9.17) is 4.74 Å². The third kappa shape index (κ3) is 4.32. The Morgan fingerprint density at radius 1 is 1.36 bits per heavy atom. The lowest BCUT2D eigenvalue weighted by Gasteiger charge is -2.22. The Morgan fingerprint density at radius 3 is 2.64 bits per heavy atom. The molecule has 0 aliphatic heterocycles. The van der Waals surface area contributed by atoms with Gasteiger partial charge >= 0.3 is 6.61 Å². The molecule has 2 rings (SSSR count). The summed E-state index contributed by atoms with van der Waals surface area (Å²) in [5.74, 6) is 0.480. The largest absolute Gasteiger partial charge is 0.493 e. The van der Waals surface area contributed by atoms with Crippen molar-refractivity contribution in [3.05, 3.63) is 23.8 Å². The van der Waals surface area contributed by atoms with Gasteiger partial charge in [0, 0.05) is 18.7 Å². The third-order valence-corrected chi connectivity index (χ3v) is 3.58. The molecular formula is C16H21F2NO3. The second kappa shape index (κ2) is 7.42. The van der Waals surface area contributed by atoms with Gasteiger partial charge in [-0.15, -0.1) is 0 Å². The van der Waals surface area contributed by atoms with Crippen LogP contribution < -0.4 is 9.47 Å². The van der Waals surface area contributed by atoms with Gasteiger partial charge in [-0.3, -0.25) is 4.79 Å². The highest BCUT2D eigenvalue weighted by Crippen LogP contribution is 2.32. The number of rotatable bonds is 8. The molecule has 1 aliphatic carbocycles. The number of benzene rings is 1. The van der Waals surface area contributed by atoms with Gasteiger partial charge in [-0.05, 0) is 43.4 Å². The summed E-state index contributed by atoms with van der Waals surface area (Å²) in [6.07, 6.45) is 3.15. The molecule has 0 N–H and O–H groups in total. The van der Waals surface area contributed by atoms with Crippen molar-refractivity contribution in [2.24, 2.45) is 5.92 Å². The Kier molecular flexibility index (Phi) is 5.57. The summed E-state index contributed by atoms with van der Waals surface area (Å²) < 4.78 is 34.3. The summed E-state index contributed by atoms with van der Waals surface area (Å²) in [6.45, 7) is 0.431. The van der Waals surface area contributed by atoms with Crippen molar-refractivity contribution in [1.82, 2.24) is 4.90 Å². The van der Waals surface area contributed by atoms with Crippen LogP contribution in [0.3, 0.4) is 0 Å². The van der Waals surface area contributed by atoms with E-state index in [1.165, 1.54) is 19.2 Å². The third-order valence-electron chi connectivity index (χ3n) is 3.58. The summed E-state index contributed by atoms with van der Waals surface area (Å²) >= 11 is 0. The van der Waals surface area contributed by atoms with Crippen LogP contribution in [-0.4, -0.2) is 37.6 Å². The molecule has 0 aromatic heterocycles. The molecule has 1 fully saturated rings. The van der Waals surface area contributed by atoms with E-state index >= 15 is 0 Å². The fourth-order valence-electron chi connectivity index (χ4n) is 2.34. The molecule has 0 unspecified atom stereocenters. The van der Waals surface area contributed by atoms with Crippen molar-refractivity contribution in [3.8, 4) is 11.5 Å². The predicted octanol–water partition coefficient (Wildman–Crippen LogP) is 3.56. The monoisotopic (exact) mass is 313 g/mol. The molecule has 0 saturated heterocycles. The second-order valence-electron chi connectivity index (χ2n) is 5.44. The molecule has 0 spiro atoms. The molecule has 1 amide bonds. The van der Waals surface area contributed by atoms with Crippen LogP contribution in [0.15, 0.2) is 18.2 Å². The Hall–Kier alpha value is -1.85. The number of hydrogen-bond donors (Lipinski definition) is 0. The van der Waals surface area contributed by atoms with Crippen LogP contribution >= 0.6 is 0 Å². The van der Waals surface area contributed by atoms with Crippen LogP contribution in [0.25, 0.3) is 0 Å². The first-order chi connectivity index (χ1) is 10.5. The Bertz CT molecular complexity index is 518. The van der Waals surface area contributed by atoms with Crippen LogP contribution in [0.2, 0.25) is 0 Å². The smallest absolute Gasteiger partial charge is 0.387 e. The molecule has 0 bridgehead atoms. The zero-order chi connectivity index (χ0) is 16.1. The molecule has 1 aromatic carbocycles. The van der Waals surface area contributed by atoms with Gasteiger partial charge in [0.2, 0.25) is 0 Å². The highest BCUT2D eigenvalue weighted by Gasteiger charge is 2.27. The lowest BCUT2D eigenvalue weighted by atomic mass is 10.1. The molecular weight excluding hydrogens is 292 g/mol. The zero-order valence-electron chi connectivity index (χ0n) is 12.9. The van der Waals surface area contributed by atoms with Gasteiger partial charge < -0.3 is 14.4 Å². The van der Waals surface area contributed by atoms with Crippen molar-refractivity contribution < 1.29 is 23.0 Å². The molecule has 0 heterocycles. The summed E-state index contributed by atoms with van der Waals surface area (Å²) in [7, 11) is 1.37. The van der Waals surface area contributed by atoms with Gasteiger partial charge in [-0.2, -0.15) is 8.78 Å². The van der Waals surface area contributed by atoms with Gasteiger partial charge in [0.15, 0.2) is 11.5 Å². The highest BCUT2D eigenvalue weighted by atomic mass is 19.3. The van der Waals surface area contributed by atoms with Crippen LogP contribution in [-0.2, 0) is 0 Å². The van der Waals surface area contributed by atoms with E-state index < -0.39 is 6.61 Å². The first kappa shape index (κ1) is 16.5. The minimum absolute atomic E-state index is 0.119. The number of halogens is 2. The van der Waals surface area contributed by atoms with Gasteiger partial charge in [-0.1, -0.05) is 6.92 Å². The standard InChI is InChI=1S/C16H21F2NO3/c1-3-8-19(10-11-4-5-11)15(20)12-6-7-13(21-2)14(9-12)22-16(17)18/h6-7,9,11,16H,3-5,8,10H2,1-2H3. The highest BCUT2D eigenvalue weighted by molar-refractivity contribution is 5.95. The molecule has 0 atom stereocenters. The summed E-state index contributed by atoms with van der Waals surface area (Å²) in [5, 5.41) is 0. The number of alkyl halides is 2. The summed E-state index contributed by atoms with van der Waals surface area (Å²) in [6, 6.07) is 4.38. The number of hydrogen-bond acceptors (Lipinski definition) is 3. The maximum absolute atomic E-state index is 12.6. The number of ether oxygens (including phenoxy) is 2. The van der Waals surface area contributed by atoms with E-state index in [2.05, 4.69) is 4.74 Å². The van der Waals surface area contributed by atoms with E-state index in [-0.39, 0.29) is 17.4 Å². The van der Waals surface area contributed by atoms with Crippen LogP contribution in [0.4, 0.5) is 8.78 Å². The topological polar surface area (TPSA) is 38.8 Å². The fraction of sp³-hybridized carbons (Fsp3) is 0.562. The predicted molar refractivity (Wildman–Crippen MR) is 78.5 cm³/mol. The van der Waals surface area contributed by atoms with Gasteiger partial charge in [0.1, 0.15) is 0 Å². The number of carbonyl (C=O) groups excluding carboxylic acids is 1. The minimum Gasteiger partial charge on any atom is -0.493 e. The molecule has 122 valence electrons. The van der Waals surface area contributed by atoms with Crippen molar-refractivity contribution in [2.45, 2.75) is 32.8 Å². The second-order valence-corrected chi connectivity index (χ2v) is 5.44. The molecule has 1 saturated carbocycles. The number of methoxy groups -OCH3 is 1. The van der Waals surface area contributed by atoms with Crippen LogP contribution in [0.5, 0.6) is 11.5 Å². The Labute approximate surface area is 129 Å². The molecule has 1 aromatic rings. The lowest BCUT2D eigenvalue weighted by molar-refractivity contribution is -0.0512. The fourth-order valence-corrected chi connectivity index (χ4v) is 2.34. The Balaban J connectivity index is 2.19. The quantitative estimate of drug-likeness (QED) is 0.736. The van der Waals surface area contributed by atoms with Crippen molar-refractivity contribution in [2.75, 3.05) is 20.2 Å². The number of amides is 1. The average Bonchev–Trinajstić information content (AvgIpc) is 3.29. The van der Waals surface area contributed by atoms with Gasteiger partial charge in [0.05, 0.1) is 7.11 Å². The lowest BCUT2D eigenvalue weighted by Crippen LogP contribution is -2.33. The molecule has 1 aliphatic rings. The zero-order valence-corrected chi connectivity index (χ0v) is 12.9. The first-order valence-corrected chi connectivity index (χ1v) is 7.47. The molecule has 22 heavy (non-hydrogen) atoms. The molecule has 4 nitrogen and oxygen atoms in total. The Morgan fingerprint density at radius 2 is 2.09 bits per heavy atom.